The Morgan fingerprint density at radius 1 is 0.449 bits per heavy atom. The standard InChI is InChI=1S/C62H74N4O3/c1-3-5-37-55(53-35-19-21-39-57(53)65-41-23-9-24-42-65)63-59(67)45-49-31-15-17-33-51(49)61(47-27-11-7-12-28-47)69-62(48-29-13-8-14-30-48)52-34-18-16-32-50(52)46-60(68)64-56(38-6-4-2)54-36-20-22-40-58(54)66-43-25-10-26-44-66/h7-8,11-22,27-36,39-40,55-56,61-62H,3-6,9-10,23-26,37-38,41-46H2,1-2H3,(H,63,67)(H,64,68). The normalized spacial score (nSPS) is 15.7. The molecule has 6 aromatic carbocycles. The molecule has 2 saturated heterocycles. The van der Waals surface area contributed by atoms with Gasteiger partial charge in [0.1, 0.15) is 12.2 Å². The van der Waals surface area contributed by atoms with Gasteiger partial charge in [0.2, 0.25) is 11.8 Å². The Balaban J connectivity index is 1.08. The highest BCUT2D eigenvalue weighted by Crippen LogP contribution is 2.40. The lowest BCUT2D eigenvalue weighted by molar-refractivity contribution is -0.122. The number of piperidine rings is 2. The van der Waals surface area contributed by atoms with Crippen LogP contribution in [-0.4, -0.2) is 38.0 Å². The number of para-hydroxylation sites is 2. The molecule has 2 amide bonds. The van der Waals surface area contributed by atoms with Crippen molar-refractivity contribution in [2.75, 3.05) is 36.0 Å². The second-order valence-corrected chi connectivity index (χ2v) is 19.2. The smallest absolute Gasteiger partial charge is 0.224 e. The predicted molar refractivity (Wildman–Crippen MR) is 284 cm³/mol. The third-order valence-electron chi connectivity index (χ3n) is 14.2. The Kier molecular flexibility index (Phi) is 18.2. The molecule has 2 heterocycles. The van der Waals surface area contributed by atoms with Gasteiger partial charge in [0, 0.05) is 37.6 Å². The molecular formula is C62H74N4O3. The number of nitrogens with one attached hydrogen (secondary N) is 2. The summed E-state index contributed by atoms with van der Waals surface area (Å²) in [6, 6.07) is 54.4. The van der Waals surface area contributed by atoms with Crippen molar-refractivity contribution in [1.82, 2.24) is 10.6 Å². The highest BCUT2D eigenvalue weighted by molar-refractivity contribution is 5.81. The van der Waals surface area contributed by atoms with Gasteiger partial charge in [-0.1, -0.05) is 185 Å². The number of nitrogens with zero attached hydrogens (tertiary/aromatic N) is 2. The second kappa shape index (κ2) is 25.4. The summed E-state index contributed by atoms with van der Waals surface area (Å²) in [5.74, 6) is -0.00820. The van der Waals surface area contributed by atoms with Gasteiger partial charge in [-0.05, 0) is 108 Å². The average Bonchev–Trinajstić information content (AvgIpc) is 3.40. The Hall–Kier alpha value is -6.18. The first-order valence-electron chi connectivity index (χ1n) is 26.2. The van der Waals surface area contributed by atoms with Gasteiger partial charge in [0.25, 0.3) is 0 Å². The number of benzene rings is 6. The fraction of sp³-hybridized carbons (Fsp3) is 0.387. The molecule has 0 bridgehead atoms. The maximum absolute atomic E-state index is 14.5. The van der Waals surface area contributed by atoms with E-state index in [2.05, 4.69) is 131 Å². The Morgan fingerprint density at radius 2 is 0.797 bits per heavy atom. The fourth-order valence-electron chi connectivity index (χ4n) is 10.6. The van der Waals surface area contributed by atoms with Crippen LogP contribution in [0.15, 0.2) is 158 Å². The SMILES string of the molecule is CCCCC(NC(=O)Cc1ccccc1C(OC(c1ccccc1)c1ccccc1CC(=O)NC(CCCC)c1ccccc1N1CCCCC1)c1ccccc1)c1ccccc1N1CCCCC1. The van der Waals surface area contributed by atoms with Crippen LogP contribution in [0.3, 0.4) is 0 Å². The van der Waals surface area contributed by atoms with Crippen molar-refractivity contribution >= 4 is 23.2 Å². The molecule has 2 fully saturated rings. The van der Waals surface area contributed by atoms with Crippen molar-refractivity contribution in [2.45, 2.75) is 128 Å². The van der Waals surface area contributed by atoms with Gasteiger partial charge >= 0.3 is 0 Å². The van der Waals surface area contributed by atoms with Crippen LogP contribution in [-0.2, 0) is 27.2 Å². The van der Waals surface area contributed by atoms with Gasteiger partial charge in [-0.2, -0.15) is 0 Å². The highest BCUT2D eigenvalue weighted by atomic mass is 16.5. The summed E-state index contributed by atoms with van der Waals surface area (Å²) in [7, 11) is 0. The van der Waals surface area contributed by atoms with E-state index < -0.39 is 12.2 Å². The van der Waals surface area contributed by atoms with E-state index in [9.17, 15) is 9.59 Å². The molecule has 2 aliphatic heterocycles. The van der Waals surface area contributed by atoms with Crippen molar-refractivity contribution < 1.29 is 14.3 Å². The number of anilines is 2. The molecule has 2 aliphatic rings. The molecule has 0 spiro atoms. The van der Waals surface area contributed by atoms with E-state index in [1.807, 2.05) is 60.7 Å². The maximum atomic E-state index is 14.5. The van der Waals surface area contributed by atoms with E-state index in [4.69, 9.17) is 4.74 Å². The number of carbonyl (C=O) groups is 2. The lowest BCUT2D eigenvalue weighted by atomic mass is 9.91. The lowest BCUT2D eigenvalue weighted by Crippen LogP contribution is -2.34. The van der Waals surface area contributed by atoms with E-state index in [0.717, 1.165) is 98.1 Å². The number of amides is 2. The van der Waals surface area contributed by atoms with Crippen molar-refractivity contribution in [3.8, 4) is 0 Å². The third kappa shape index (κ3) is 13.1. The summed E-state index contributed by atoms with van der Waals surface area (Å²) in [6.45, 7) is 8.63. The van der Waals surface area contributed by atoms with Gasteiger partial charge in [-0.25, -0.2) is 0 Å². The Bertz CT molecular complexity index is 2340. The van der Waals surface area contributed by atoms with Crippen LogP contribution in [0, 0.1) is 0 Å². The molecule has 69 heavy (non-hydrogen) atoms. The van der Waals surface area contributed by atoms with Crippen molar-refractivity contribution in [3.05, 3.63) is 202 Å². The first kappa shape index (κ1) is 49.2. The number of carbonyl (C=O) groups excluding carboxylic acids is 2. The lowest BCUT2D eigenvalue weighted by Gasteiger charge is -2.33. The zero-order valence-electron chi connectivity index (χ0n) is 41.2. The molecule has 0 aliphatic carbocycles. The van der Waals surface area contributed by atoms with Crippen molar-refractivity contribution in [3.63, 3.8) is 0 Å². The zero-order valence-corrected chi connectivity index (χ0v) is 41.2. The first-order valence-corrected chi connectivity index (χ1v) is 26.2. The molecule has 8 rings (SSSR count). The molecule has 7 heteroatoms. The Morgan fingerprint density at radius 3 is 1.19 bits per heavy atom. The van der Waals surface area contributed by atoms with E-state index in [1.54, 1.807) is 0 Å². The summed E-state index contributed by atoms with van der Waals surface area (Å²) >= 11 is 0. The molecule has 6 aromatic rings. The molecule has 4 atom stereocenters. The van der Waals surface area contributed by atoms with Crippen LogP contribution in [0.1, 0.15) is 160 Å². The number of hydrogen-bond acceptors (Lipinski definition) is 5. The van der Waals surface area contributed by atoms with Gasteiger partial charge in [-0.3, -0.25) is 9.59 Å². The average molecular weight is 923 g/mol. The second-order valence-electron chi connectivity index (χ2n) is 19.2. The third-order valence-corrected chi connectivity index (χ3v) is 14.2. The molecule has 0 radical (unpaired) electrons. The number of unbranched alkanes of at least 4 members (excludes halogenated alkanes) is 2. The molecule has 4 unspecified atom stereocenters. The molecule has 7 nitrogen and oxygen atoms in total. The Labute approximate surface area is 412 Å². The number of ether oxygens (including phenoxy) is 1. The molecule has 360 valence electrons. The van der Waals surface area contributed by atoms with E-state index in [0.29, 0.717) is 0 Å². The molecule has 0 saturated carbocycles. The number of hydrogen-bond donors (Lipinski definition) is 2. The summed E-state index contributed by atoms with van der Waals surface area (Å²) in [4.78, 5) is 34.0. The minimum Gasteiger partial charge on any atom is -0.371 e. The minimum absolute atomic E-state index is 0.00410. The van der Waals surface area contributed by atoms with Crippen LogP contribution < -0.4 is 20.4 Å². The number of rotatable bonds is 22. The maximum Gasteiger partial charge on any atom is 0.224 e. The summed E-state index contributed by atoms with van der Waals surface area (Å²) in [5, 5.41) is 7.06. The quantitative estimate of drug-likeness (QED) is 0.0710. The predicted octanol–water partition coefficient (Wildman–Crippen LogP) is 13.7. The van der Waals surface area contributed by atoms with E-state index in [-0.39, 0.29) is 36.7 Å². The van der Waals surface area contributed by atoms with Crippen LogP contribution in [0.25, 0.3) is 0 Å². The molecule has 2 N–H and O–H groups in total. The minimum atomic E-state index is -0.525. The molecular weight excluding hydrogens is 849 g/mol. The van der Waals surface area contributed by atoms with Crippen LogP contribution in [0.5, 0.6) is 0 Å². The summed E-state index contributed by atoms with van der Waals surface area (Å²) in [6.07, 6.45) is 12.6. The topological polar surface area (TPSA) is 73.9 Å². The van der Waals surface area contributed by atoms with Gasteiger partial charge in [0.15, 0.2) is 0 Å². The van der Waals surface area contributed by atoms with Crippen LogP contribution >= 0.6 is 0 Å². The van der Waals surface area contributed by atoms with Crippen LogP contribution in [0.4, 0.5) is 11.4 Å². The highest BCUT2D eigenvalue weighted by Gasteiger charge is 2.29. The monoisotopic (exact) mass is 923 g/mol. The van der Waals surface area contributed by atoms with Crippen molar-refractivity contribution in [1.29, 1.82) is 0 Å². The largest absolute Gasteiger partial charge is 0.371 e. The fourth-order valence-corrected chi connectivity index (χ4v) is 10.6. The van der Waals surface area contributed by atoms with Crippen LogP contribution in [0.2, 0.25) is 0 Å². The zero-order chi connectivity index (χ0) is 47.6. The van der Waals surface area contributed by atoms with Gasteiger partial charge in [0.05, 0.1) is 24.9 Å². The summed E-state index contributed by atoms with van der Waals surface area (Å²) in [5.41, 5.74) is 10.6. The van der Waals surface area contributed by atoms with E-state index >= 15 is 0 Å². The first-order chi connectivity index (χ1) is 34.0. The van der Waals surface area contributed by atoms with Gasteiger partial charge < -0.3 is 25.2 Å². The summed E-state index contributed by atoms with van der Waals surface area (Å²) < 4.78 is 7.54. The van der Waals surface area contributed by atoms with E-state index in [1.165, 1.54) is 61.0 Å². The molecule has 0 aromatic heterocycles. The van der Waals surface area contributed by atoms with Crippen molar-refractivity contribution in [2.24, 2.45) is 0 Å². The van der Waals surface area contributed by atoms with Gasteiger partial charge in [-0.15, -0.1) is 0 Å².